The highest BCUT2D eigenvalue weighted by Crippen LogP contribution is 2.25. The van der Waals surface area contributed by atoms with E-state index >= 15 is 0 Å². The van der Waals surface area contributed by atoms with Crippen LogP contribution in [-0.2, 0) is 14.8 Å². The van der Waals surface area contributed by atoms with E-state index in [-0.39, 0.29) is 17.0 Å². The van der Waals surface area contributed by atoms with Gasteiger partial charge in [0.2, 0.25) is 15.9 Å². The van der Waals surface area contributed by atoms with Crippen LogP contribution in [0.25, 0.3) is 0 Å². The van der Waals surface area contributed by atoms with Crippen LogP contribution in [-0.4, -0.2) is 37.6 Å². The Bertz CT molecular complexity index is 1030. The number of primary amides is 1. The third kappa shape index (κ3) is 4.88. The summed E-state index contributed by atoms with van der Waals surface area (Å²) in [5.74, 6) is -0.987. The number of benzene rings is 2. The zero-order valence-electron chi connectivity index (χ0n) is 17.2. The first-order valence-electron chi connectivity index (χ1n) is 9.99. The van der Waals surface area contributed by atoms with Gasteiger partial charge in [-0.2, -0.15) is 4.31 Å². The lowest BCUT2D eigenvalue weighted by Gasteiger charge is -2.30. The summed E-state index contributed by atoms with van der Waals surface area (Å²) in [7, 11) is -3.83. The Labute approximate surface area is 177 Å². The standard InChI is InChI=1S/C22H27N3O4S/c1-15(2)16-8-10-19(11-9-16)24-22(27)17-5-3-7-20(13-17)30(28,29)25-12-4-6-18(14-25)21(23)26/h3,5,7-11,13,15,18H,4,6,12,14H2,1-2H3,(H2,23,26)(H,24,27). The first-order chi connectivity index (χ1) is 14.2. The number of anilines is 1. The third-order valence-corrected chi connectivity index (χ3v) is 7.22. The van der Waals surface area contributed by atoms with Crippen molar-refractivity contribution >= 4 is 27.5 Å². The van der Waals surface area contributed by atoms with Gasteiger partial charge >= 0.3 is 0 Å². The third-order valence-electron chi connectivity index (χ3n) is 5.36. The van der Waals surface area contributed by atoms with Crippen LogP contribution >= 0.6 is 0 Å². The van der Waals surface area contributed by atoms with Crippen LogP contribution in [0.15, 0.2) is 53.4 Å². The summed E-state index contributed by atoms with van der Waals surface area (Å²) in [6.45, 7) is 4.57. The fraction of sp³-hybridized carbons (Fsp3) is 0.364. The van der Waals surface area contributed by atoms with Crippen molar-refractivity contribution in [2.75, 3.05) is 18.4 Å². The van der Waals surface area contributed by atoms with Crippen molar-refractivity contribution in [2.24, 2.45) is 11.7 Å². The van der Waals surface area contributed by atoms with Crippen LogP contribution in [0.4, 0.5) is 5.69 Å². The molecular formula is C22H27N3O4S. The van der Waals surface area contributed by atoms with Gasteiger partial charge in [-0.15, -0.1) is 0 Å². The Morgan fingerprint density at radius 2 is 1.83 bits per heavy atom. The second-order valence-electron chi connectivity index (χ2n) is 7.86. The molecule has 1 aliphatic rings. The maximum absolute atomic E-state index is 13.0. The average Bonchev–Trinajstić information content (AvgIpc) is 2.74. The number of nitrogens with one attached hydrogen (secondary N) is 1. The van der Waals surface area contributed by atoms with Gasteiger partial charge in [0, 0.05) is 24.3 Å². The predicted molar refractivity (Wildman–Crippen MR) is 116 cm³/mol. The maximum Gasteiger partial charge on any atom is 0.255 e. The van der Waals surface area contributed by atoms with Crippen molar-refractivity contribution in [2.45, 2.75) is 37.5 Å². The second-order valence-corrected chi connectivity index (χ2v) is 9.80. The predicted octanol–water partition coefficient (Wildman–Crippen LogP) is 2.95. The molecule has 160 valence electrons. The van der Waals surface area contributed by atoms with Gasteiger partial charge in [0.25, 0.3) is 5.91 Å². The normalized spacial score (nSPS) is 17.6. The monoisotopic (exact) mass is 429 g/mol. The quantitative estimate of drug-likeness (QED) is 0.736. The minimum absolute atomic E-state index is 0.0235. The van der Waals surface area contributed by atoms with E-state index in [1.807, 2.05) is 24.3 Å². The first kappa shape index (κ1) is 22.0. The SMILES string of the molecule is CC(C)c1ccc(NC(=O)c2cccc(S(=O)(=O)N3CCCC(C(N)=O)C3)c2)cc1. The zero-order valence-corrected chi connectivity index (χ0v) is 18.0. The van der Waals surface area contributed by atoms with Crippen LogP contribution in [0.1, 0.15) is 48.5 Å². The van der Waals surface area contributed by atoms with Crippen LogP contribution in [0.2, 0.25) is 0 Å². The van der Waals surface area contributed by atoms with Gasteiger partial charge in [-0.25, -0.2) is 8.42 Å². The highest BCUT2D eigenvalue weighted by molar-refractivity contribution is 7.89. The number of amides is 2. The van der Waals surface area contributed by atoms with Crippen molar-refractivity contribution in [3.05, 3.63) is 59.7 Å². The molecule has 1 fully saturated rings. The number of sulfonamides is 1. The van der Waals surface area contributed by atoms with E-state index in [9.17, 15) is 18.0 Å². The summed E-state index contributed by atoms with van der Waals surface area (Å²) in [5, 5.41) is 2.80. The highest BCUT2D eigenvalue weighted by Gasteiger charge is 2.32. The van der Waals surface area contributed by atoms with E-state index in [0.717, 1.165) is 5.56 Å². The molecule has 2 amide bonds. The molecule has 1 saturated heterocycles. The molecule has 3 N–H and O–H groups in total. The molecular weight excluding hydrogens is 402 g/mol. The Balaban J connectivity index is 1.77. The van der Waals surface area contributed by atoms with Gasteiger partial charge < -0.3 is 11.1 Å². The van der Waals surface area contributed by atoms with Gasteiger partial charge in [-0.3, -0.25) is 9.59 Å². The molecule has 3 rings (SSSR count). The summed E-state index contributed by atoms with van der Waals surface area (Å²) < 4.78 is 27.3. The topological polar surface area (TPSA) is 110 Å². The molecule has 2 aromatic rings. The first-order valence-corrected chi connectivity index (χ1v) is 11.4. The fourth-order valence-corrected chi connectivity index (χ4v) is 5.06. The molecule has 0 radical (unpaired) electrons. The molecule has 1 atom stereocenters. The Morgan fingerprint density at radius 3 is 2.47 bits per heavy atom. The molecule has 2 aromatic carbocycles. The largest absolute Gasteiger partial charge is 0.369 e. The van der Waals surface area contributed by atoms with E-state index < -0.39 is 27.8 Å². The van der Waals surface area contributed by atoms with Crippen molar-refractivity contribution in [1.82, 2.24) is 4.31 Å². The lowest BCUT2D eigenvalue weighted by molar-refractivity contribution is -0.122. The number of carbonyl (C=O) groups is 2. The molecule has 8 heteroatoms. The summed E-state index contributed by atoms with van der Waals surface area (Å²) in [5.41, 5.74) is 7.40. The van der Waals surface area contributed by atoms with Crippen LogP contribution < -0.4 is 11.1 Å². The lowest BCUT2D eigenvalue weighted by Crippen LogP contribution is -2.44. The number of hydrogen-bond acceptors (Lipinski definition) is 4. The maximum atomic E-state index is 13.0. The molecule has 30 heavy (non-hydrogen) atoms. The molecule has 1 unspecified atom stereocenters. The molecule has 0 aliphatic carbocycles. The Kier molecular flexibility index (Phi) is 6.58. The van der Waals surface area contributed by atoms with Crippen molar-refractivity contribution < 1.29 is 18.0 Å². The van der Waals surface area contributed by atoms with E-state index in [1.165, 1.54) is 16.4 Å². The fourth-order valence-electron chi connectivity index (χ4n) is 3.49. The van der Waals surface area contributed by atoms with Crippen molar-refractivity contribution in [3.8, 4) is 0 Å². The Morgan fingerprint density at radius 1 is 1.13 bits per heavy atom. The van der Waals surface area contributed by atoms with Crippen molar-refractivity contribution in [1.29, 1.82) is 0 Å². The van der Waals surface area contributed by atoms with Gasteiger partial charge in [0.05, 0.1) is 10.8 Å². The summed E-state index contributed by atoms with van der Waals surface area (Å²) in [6.07, 6.45) is 1.15. The molecule has 0 spiro atoms. The number of nitrogens with two attached hydrogens (primary N) is 1. The van der Waals surface area contributed by atoms with E-state index in [4.69, 9.17) is 5.73 Å². The van der Waals surface area contributed by atoms with Crippen molar-refractivity contribution in [3.63, 3.8) is 0 Å². The highest BCUT2D eigenvalue weighted by atomic mass is 32.2. The summed E-state index contributed by atoms with van der Waals surface area (Å²) >= 11 is 0. The molecule has 0 aromatic heterocycles. The minimum Gasteiger partial charge on any atom is -0.369 e. The molecule has 1 aliphatic heterocycles. The zero-order chi connectivity index (χ0) is 21.9. The second kappa shape index (κ2) is 8.97. The van der Waals surface area contributed by atoms with Gasteiger partial charge in [0.15, 0.2) is 0 Å². The Hall–Kier alpha value is -2.71. The van der Waals surface area contributed by atoms with E-state index in [0.29, 0.717) is 31.0 Å². The van der Waals surface area contributed by atoms with Crippen LogP contribution in [0.3, 0.4) is 0 Å². The average molecular weight is 430 g/mol. The van der Waals surface area contributed by atoms with Gasteiger partial charge in [0.1, 0.15) is 0 Å². The van der Waals surface area contributed by atoms with Crippen LogP contribution in [0.5, 0.6) is 0 Å². The molecule has 7 nitrogen and oxygen atoms in total. The van der Waals surface area contributed by atoms with Crippen LogP contribution in [0, 0.1) is 5.92 Å². The summed E-state index contributed by atoms with van der Waals surface area (Å²) in [4.78, 5) is 24.2. The van der Waals surface area contributed by atoms with E-state index in [2.05, 4.69) is 19.2 Å². The lowest BCUT2D eigenvalue weighted by atomic mass is 9.99. The van der Waals surface area contributed by atoms with Gasteiger partial charge in [-0.1, -0.05) is 32.0 Å². The number of hydrogen-bond donors (Lipinski definition) is 2. The molecule has 1 heterocycles. The number of piperidine rings is 1. The molecule has 0 saturated carbocycles. The smallest absolute Gasteiger partial charge is 0.255 e. The minimum atomic E-state index is -3.83. The number of nitrogens with zero attached hydrogens (tertiary/aromatic N) is 1. The van der Waals surface area contributed by atoms with Gasteiger partial charge in [-0.05, 0) is 54.7 Å². The van der Waals surface area contributed by atoms with E-state index in [1.54, 1.807) is 12.1 Å². The number of rotatable bonds is 6. The number of carbonyl (C=O) groups excluding carboxylic acids is 2. The molecule has 0 bridgehead atoms. The summed E-state index contributed by atoms with van der Waals surface area (Å²) in [6, 6.07) is 13.5.